The van der Waals surface area contributed by atoms with Crippen molar-refractivity contribution in [1.82, 2.24) is 15.0 Å². The zero-order valence-corrected chi connectivity index (χ0v) is 13.7. The van der Waals surface area contributed by atoms with Crippen LogP contribution in [0.1, 0.15) is 43.6 Å². The van der Waals surface area contributed by atoms with E-state index in [4.69, 9.17) is 5.84 Å². The van der Waals surface area contributed by atoms with Crippen LogP contribution in [-0.4, -0.2) is 15.0 Å². The Labute approximate surface area is 129 Å². The lowest BCUT2D eigenvalue weighted by Crippen LogP contribution is -2.29. The zero-order chi connectivity index (χ0) is 15.5. The lowest BCUT2D eigenvalue weighted by Gasteiger charge is -2.26. The number of hydrogen-bond acceptors (Lipinski definition) is 7. The molecule has 0 aromatic carbocycles. The molecule has 0 saturated heterocycles. The normalized spacial score (nSPS) is 11.5. The SMILES string of the molecule is CCCc1nc(NN)c(C)c(NC(C)(C)c2nccs2)n1. The molecule has 0 bridgehead atoms. The third-order valence-corrected chi connectivity index (χ3v) is 4.30. The average molecular weight is 306 g/mol. The van der Waals surface area contributed by atoms with Crippen molar-refractivity contribution in [2.24, 2.45) is 5.84 Å². The molecule has 0 aliphatic rings. The van der Waals surface area contributed by atoms with E-state index < -0.39 is 0 Å². The van der Waals surface area contributed by atoms with E-state index in [0.717, 1.165) is 35.1 Å². The first-order valence-corrected chi connectivity index (χ1v) is 7.88. The second kappa shape index (κ2) is 6.36. The number of hydrogen-bond donors (Lipinski definition) is 3. The van der Waals surface area contributed by atoms with Gasteiger partial charge in [0, 0.05) is 23.6 Å². The number of thiazole rings is 1. The van der Waals surface area contributed by atoms with E-state index >= 15 is 0 Å². The number of nitrogens with one attached hydrogen (secondary N) is 2. The summed E-state index contributed by atoms with van der Waals surface area (Å²) in [6, 6.07) is 0. The van der Waals surface area contributed by atoms with Crippen LogP contribution in [0.5, 0.6) is 0 Å². The van der Waals surface area contributed by atoms with Crippen molar-refractivity contribution in [2.75, 3.05) is 10.7 Å². The van der Waals surface area contributed by atoms with E-state index in [2.05, 4.69) is 46.5 Å². The molecular weight excluding hydrogens is 284 g/mol. The summed E-state index contributed by atoms with van der Waals surface area (Å²) in [4.78, 5) is 13.4. The number of hydrazine groups is 1. The van der Waals surface area contributed by atoms with Crippen LogP contribution in [0.2, 0.25) is 0 Å². The quantitative estimate of drug-likeness (QED) is 0.562. The van der Waals surface area contributed by atoms with Crippen molar-refractivity contribution in [3.05, 3.63) is 28.0 Å². The molecular formula is C14H22N6S. The molecule has 7 heteroatoms. The molecule has 0 unspecified atom stereocenters. The average Bonchev–Trinajstić information content (AvgIpc) is 2.97. The number of rotatable bonds is 6. The van der Waals surface area contributed by atoms with Gasteiger partial charge in [-0.05, 0) is 27.2 Å². The van der Waals surface area contributed by atoms with E-state index in [0.29, 0.717) is 5.82 Å². The van der Waals surface area contributed by atoms with E-state index in [-0.39, 0.29) is 5.54 Å². The highest BCUT2D eigenvalue weighted by Crippen LogP contribution is 2.29. The highest BCUT2D eigenvalue weighted by molar-refractivity contribution is 7.09. The fourth-order valence-electron chi connectivity index (χ4n) is 2.04. The van der Waals surface area contributed by atoms with Gasteiger partial charge in [0.25, 0.3) is 0 Å². The molecule has 0 aliphatic heterocycles. The van der Waals surface area contributed by atoms with E-state index in [9.17, 15) is 0 Å². The van der Waals surface area contributed by atoms with Crippen molar-refractivity contribution < 1.29 is 0 Å². The maximum absolute atomic E-state index is 5.56. The van der Waals surface area contributed by atoms with Gasteiger partial charge in [0.1, 0.15) is 22.5 Å². The Kier molecular flexibility index (Phi) is 4.74. The van der Waals surface area contributed by atoms with Gasteiger partial charge in [-0.3, -0.25) is 0 Å². The summed E-state index contributed by atoms with van der Waals surface area (Å²) in [7, 11) is 0. The summed E-state index contributed by atoms with van der Waals surface area (Å²) < 4.78 is 0. The Balaban J connectivity index is 2.36. The number of anilines is 2. The number of nitrogen functional groups attached to an aromatic ring is 1. The first-order chi connectivity index (χ1) is 9.97. The first-order valence-electron chi connectivity index (χ1n) is 7.00. The minimum absolute atomic E-state index is 0.303. The van der Waals surface area contributed by atoms with Gasteiger partial charge in [0.15, 0.2) is 0 Å². The highest BCUT2D eigenvalue weighted by Gasteiger charge is 2.25. The molecule has 0 amide bonds. The van der Waals surface area contributed by atoms with Crippen LogP contribution in [0, 0.1) is 6.92 Å². The molecule has 4 N–H and O–H groups in total. The second-order valence-corrected chi connectivity index (χ2v) is 6.34. The fourth-order valence-corrected chi connectivity index (χ4v) is 2.76. The Morgan fingerprint density at radius 3 is 2.57 bits per heavy atom. The van der Waals surface area contributed by atoms with Crippen LogP contribution in [0.4, 0.5) is 11.6 Å². The maximum atomic E-state index is 5.56. The van der Waals surface area contributed by atoms with Gasteiger partial charge in [-0.15, -0.1) is 11.3 Å². The van der Waals surface area contributed by atoms with Crippen LogP contribution in [0.25, 0.3) is 0 Å². The lowest BCUT2D eigenvalue weighted by atomic mass is 10.1. The summed E-state index contributed by atoms with van der Waals surface area (Å²) in [5, 5.41) is 6.45. The van der Waals surface area contributed by atoms with Crippen molar-refractivity contribution in [2.45, 2.75) is 46.1 Å². The van der Waals surface area contributed by atoms with Crippen LogP contribution in [0.15, 0.2) is 11.6 Å². The van der Waals surface area contributed by atoms with Gasteiger partial charge >= 0.3 is 0 Å². The van der Waals surface area contributed by atoms with E-state index in [1.54, 1.807) is 11.3 Å². The monoisotopic (exact) mass is 306 g/mol. The number of nitrogens with zero attached hydrogens (tertiary/aromatic N) is 3. The van der Waals surface area contributed by atoms with Gasteiger partial charge in [0.2, 0.25) is 0 Å². The fraction of sp³-hybridized carbons (Fsp3) is 0.500. The van der Waals surface area contributed by atoms with Crippen molar-refractivity contribution in [3.8, 4) is 0 Å². The minimum Gasteiger partial charge on any atom is -0.358 e. The summed E-state index contributed by atoms with van der Waals surface area (Å²) >= 11 is 1.62. The van der Waals surface area contributed by atoms with Gasteiger partial charge in [0.05, 0.1) is 5.54 Å². The molecule has 0 aliphatic carbocycles. The van der Waals surface area contributed by atoms with Crippen LogP contribution >= 0.6 is 11.3 Å². The zero-order valence-electron chi connectivity index (χ0n) is 12.9. The summed E-state index contributed by atoms with van der Waals surface area (Å²) in [6.45, 7) is 8.22. The van der Waals surface area contributed by atoms with Gasteiger partial charge in [-0.25, -0.2) is 20.8 Å². The largest absolute Gasteiger partial charge is 0.358 e. The van der Waals surface area contributed by atoms with Crippen LogP contribution in [0.3, 0.4) is 0 Å². The summed E-state index contributed by atoms with van der Waals surface area (Å²) in [5.74, 6) is 7.80. The van der Waals surface area contributed by atoms with E-state index in [1.807, 2.05) is 18.5 Å². The molecule has 6 nitrogen and oxygen atoms in total. The van der Waals surface area contributed by atoms with Gasteiger partial charge in [-0.1, -0.05) is 6.92 Å². The molecule has 2 aromatic rings. The topological polar surface area (TPSA) is 88.8 Å². The number of aryl methyl sites for hydroxylation is 1. The maximum Gasteiger partial charge on any atom is 0.148 e. The Morgan fingerprint density at radius 2 is 2.00 bits per heavy atom. The Hall–Kier alpha value is -1.73. The Morgan fingerprint density at radius 1 is 1.29 bits per heavy atom. The number of nitrogens with two attached hydrogens (primary N) is 1. The molecule has 0 atom stereocenters. The molecule has 114 valence electrons. The first kappa shape index (κ1) is 15.7. The standard InChI is InChI=1S/C14H22N6S/c1-5-6-10-17-11(9(2)12(18-10)20-15)19-14(3,4)13-16-7-8-21-13/h7-8H,5-6,15H2,1-4H3,(H2,17,18,19,20). The van der Waals surface area contributed by atoms with Crippen molar-refractivity contribution in [3.63, 3.8) is 0 Å². The van der Waals surface area contributed by atoms with Crippen LogP contribution in [-0.2, 0) is 12.0 Å². The van der Waals surface area contributed by atoms with Gasteiger partial charge in [-0.2, -0.15) is 0 Å². The molecule has 0 fully saturated rings. The molecule has 2 heterocycles. The smallest absolute Gasteiger partial charge is 0.148 e. The Bertz CT molecular complexity index is 594. The minimum atomic E-state index is -0.303. The molecule has 0 radical (unpaired) electrons. The number of aromatic nitrogens is 3. The summed E-state index contributed by atoms with van der Waals surface area (Å²) in [6.07, 6.45) is 3.62. The van der Waals surface area contributed by atoms with E-state index in [1.165, 1.54) is 0 Å². The third kappa shape index (κ3) is 3.48. The predicted molar refractivity (Wildman–Crippen MR) is 87.3 cm³/mol. The van der Waals surface area contributed by atoms with Crippen molar-refractivity contribution >= 4 is 23.0 Å². The molecule has 21 heavy (non-hydrogen) atoms. The molecule has 0 saturated carbocycles. The van der Waals surface area contributed by atoms with Crippen molar-refractivity contribution in [1.29, 1.82) is 0 Å². The molecule has 0 spiro atoms. The third-order valence-electron chi connectivity index (χ3n) is 3.20. The molecule has 2 rings (SSSR count). The molecule has 2 aromatic heterocycles. The summed E-state index contributed by atoms with van der Waals surface area (Å²) in [5.41, 5.74) is 3.25. The second-order valence-electron chi connectivity index (χ2n) is 5.44. The lowest BCUT2D eigenvalue weighted by molar-refractivity contribution is 0.598. The van der Waals surface area contributed by atoms with Crippen LogP contribution < -0.4 is 16.6 Å². The van der Waals surface area contributed by atoms with Gasteiger partial charge < -0.3 is 10.7 Å². The predicted octanol–water partition coefficient (Wildman–Crippen LogP) is 2.83. The highest BCUT2D eigenvalue weighted by atomic mass is 32.1.